The van der Waals surface area contributed by atoms with Crippen LogP contribution in [-0.2, 0) is 11.3 Å². The van der Waals surface area contributed by atoms with Gasteiger partial charge in [0.25, 0.3) is 0 Å². The number of nitriles is 1. The fraction of sp³-hybridized carbons (Fsp3) is 0.333. The van der Waals surface area contributed by atoms with Crippen molar-refractivity contribution in [3.8, 4) is 6.07 Å². The second kappa shape index (κ2) is 5.82. The third-order valence-electron chi connectivity index (χ3n) is 2.20. The van der Waals surface area contributed by atoms with Crippen molar-refractivity contribution in [3.05, 3.63) is 35.4 Å². The van der Waals surface area contributed by atoms with E-state index in [2.05, 4.69) is 5.32 Å². The maximum Gasteiger partial charge on any atom is 0.221 e. The van der Waals surface area contributed by atoms with Gasteiger partial charge in [-0.05, 0) is 18.1 Å². The van der Waals surface area contributed by atoms with E-state index in [-0.39, 0.29) is 18.7 Å². The first-order chi connectivity index (χ1) is 7.24. The number of nitrogens with one attached hydrogen (secondary N) is 1. The Bertz CT molecular complexity index is 379. The van der Waals surface area contributed by atoms with E-state index >= 15 is 0 Å². The zero-order valence-electron chi connectivity index (χ0n) is 8.79. The van der Waals surface area contributed by atoms with Crippen molar-refractivity contribution >= 4 is 5.91 Å². The highest BCUT2D eigenvalue weighted by Gasteiger charge is 2.01. The van der Waals surface area contributed by atoms with Crippen LogP contribution in [0.3, 0.4) is 0 Å². The molecule has 1 rings (SSSR count). The molecule has 0 aromatic heterocycles. The Labute approximate surface area is 89.7 Å². The van der Waals surface area contributed by atoms with Gasteiger partial charge in [0, 0.05) is 19.4 Å². The number of carbonyl (C=O) groups is 1. The maximum atomic E-state index is 11.2. The average Bonchev–Trinajstić information content (AvgIpc) is 2.25. The summed E-state index contributed by atoms with van der Waals surface area (Å²) >= 11 is 0. The molecule has 3 nitrogen and oxygen atoms in total. The third-order valence-corrected chi connectivity index (χ3v) is 2.20. The summed E-state index contributed by atoms with van der Waals surface area (Å²) in [6.45, 7) is 2.55. The van der Waals surface area contributed by atoms with Crippen LogP contribution in [0, 0.1) is 18.3 Å². The van der Waals surface area contributed by atoms with Crippen LogP contribution in [0.5, 0.6) is 0 Å². The minimum Gasteiger partial charge on any atom is -0.352 e. The Hall–Kier alpha value is -1.82. The van der Waals surface area contributed by atoms with Gasteiger partial charge in [-0.25, -0.2) is 0 Å². The molecule has 1 amide bonds. The largest absolute Gasteiger partial charge is 0.352 e. The number of amides is 1. The smallest absolute Gasteiger partial charge is 0.221 e. The van der Waals surface area contributed by atoms with E-state index in [1.165, 1.54) is 0 Å². The Balaban J connectivity index is 2.41. The first kappa shape index (κ1) is 11.3. The quantitative estimate of drug-likeness (QED) is 0.810. The van der Waals surface area contributed by atoms with E-state index in [1.807, 2.05) is 37.3 Å². The fourth-order valence-electron chi connectivity index (χ4n) is 1.26. The number of aryl methyl sites for hydroxylation is 1. The summed E-state index contributed by atoms with van der Waals surface area (Å²) in [6.07, 6.45) is 0.558. The van der Waals surface area contributed by atoms with Crippen molar-refractivity contribution in [3.63, 3.8) is 0 Å². The van der Waals surface area contributed by atoms with Gasteiger partial charge < -0.3 is 5.32 Å². The normalized spacial score (nSPS) is 9.33. The predicted molar refractivity (Wildman–Crippen MR) is 57.9 cm³/mol. The Morgan fingerprint density at radius 1 is 1.47 bits per heavy atom. The van der Waals surface area contributed by atoms with Gasteiger partial charge in [-0.1, -0.05) is 24.3 Å². The molecule has 3 heteroatoms. The molecule has 78 valence electrons. The molecule has 0 aliphatic rings. The van der Waals surface area contributed by atoms with Crippen LogP contribution in [0.4, 0.5) is 0 Å². The molecule has 1 aromatic carbocycles. The second-order valence-corrected chi connectivity index (χ2v) is 3.36. The van der Waals surface area contributed by atoms with Crippen molar-refractivity contribution < 1.29 is 4.79 Å². The highest BCUT2D eigenvalue weighted by molar-refractivity contribution is 5.76. The van der Waals surface area contributed by atoms with Crippen LogP contribution in [0.2, 0.25) is 0 Å². The summed E-state index contributed by atoms with van der Waals surface area (Å²) in [5.74, 6) is -0.0696. The summed E-state index contributed by atoms with van der Waals surface area (Å²) in [4.78, 5) is 11.2. The molecule has 0 spiro atoms. The minimum absolute atomic E-state index is 0.0696. The molecule has 0 unspecified atom stereocenters. The molecule has 0 heterocycles. The van der Waals surface area contributed by atoms with Crippen molar-refractivity contribution in [1.82, 2.24) is 5.32 Å². The Morgan fingerprint density at radius 2 is 2.20 bits per heavy atom. The molecule has 1 N–H and O–H groups in total. The summed E-state index contributed by atoms with van der Waals surface area (Å²) in [6, 6.07) is 9.86. The van der Waals surface area contributed by atoms with Crippen LogP contribution in [0.1, 0.15) is 24.0 Å². The summed E-state index contributed by atoms with van der Waals surface area (Å²) in [7, 11) is 0. The van der Waals surface area contributed by atoms with E-state index in [4.69, 9.17) is 5.26 Å². The zero-order chi connectivity index (χ0) is 11.1. The van der Waals surface area contributed by atoms with Crippen molar-refractivity contribution in [1.29, 1.82) is 5.26 Å². The molecule has 0 atom stereocenters. The van der Waals surface area contributed by atoms with Crippen LogP contribution in [-0.4, -0.2) is 5.91 Å². The minimum atomic E-state index is -0.0696. The van der Waals surface area contributed by atoms with Gasteiger partial charge in [-0.2, -0.15) is 5.26 Å². The van der Waals surface area contributed by atoms with E-state index in [0.717, 1.165) is 11.1 Å². The number of hydrogen-bond donors (Lipinski definition) is 1. The van der Waals surface area contributed by atoms with Gasteiger partial charge in [-0.3, -0.25) is 4.79 Å². The topological polar surface area (TPSA) is 52.9 Å². The molecule has 0 radical (unpaired) electrons. The van der Waals surface area contributed by atoms with E-state index in [1.54, 1.807) is 0 Å². The number of benzene rings is 1. The van der Waals surface area contributed by atoms with E-state index in [9.17, 15) is 4.79 Å². The van der Waals surface area contributed by atoms with Crippen molar-refractivity contribution in [2.45, 2.75) is 26.3 Å². The highest BCUT2D eigenvalue weighted by atomic mass is 16.1. The molecule has 0 saturated carbocycles. The van der Waals surface area contributed by atoms with Crippen LogP contribution in [0.25, 0.3) is 0 Å². The van der Waals surface area contributed by atoms with Crippen LogP contribution < -0.4 is 5.32 Å². The van der Waals surface area contributed by atoms with Crippen molar-refractivity contribution in [2.75, 3.05) is 0 Å². The van der Waals surface area contributed by atoms with E-state index in [0.29, 0.717) is 6.54 Å². The lowest BCUT2D eigenvalue weighted by molar-refractivity contribution is -0.121. The van der Waals surface area contributed by atoms with Gasteiger partial charge in [0.1, 0.15) is 0 Å². The van der Waals surface area contributed by atoms with Gasteiger partial charge in [0.05, 0.1) is 6.07 Å². The standard InChI is InChI=1S/C12H14N2O/c1-10-5-2-3-6-11(10)9-14-12(15)7-4-8-13/h2-3,5-6H,4,7,9H2,1H3,(H,14,15). The second-order valence-electron chi connectivity index (χ2n) is 3.36. The SMILES string of the molecule is Cc1ccccc1CNC(=O)CCC#N. The number of carbonyl (C=O) groups excluding carboxylic acids is 1. The van der Waals surface area contributed by atoms with Gasteiger partial charge in [0.2, 0.25) is 5.91 Å². The highest BCUT2D eigenvalue weighted by Crippen LogP contribution is 2.06. The number of hydrogen-bond acceptors (Lipinski definition) is 2. The zero-order valence-corrected chi connectivity index (χ0v) is 8.79. The molecule has 0 saturated heterocycles. The van der Waals surface area contributed by atoms with Gasteiger partial charge in [0.15, 0.2) is 0 Å². The van der Waals surface area contributed by atoms with Crippen LogP contribution in [0.15, 0.2) is 24.3 Å². The molecular weight excluding hydrogens is 188 g/mol. The summed E-state index contributed by atoms with van der Waals surface area (Å²) < 4.78 is 0. The summed E-state index contributed by atoms with van der Waals surface area (Å²) in [5, 5.41) is 11.1. The lowest BCUT2D eigenvalue weighted by Gasteiger charge is -2.06. The lowest BCUT2D eigenvalue weighted by atomic mass is 10.1. The van der Waals surface area contributed by atoms with Crippen LogP contribution >= 0.6 is 0 Å². The summed E-state index contributed by atoms with van der Waals surface area (Å²) in [5.41, 5.74) is 2.28. The maximum absolute atomic E-state index is 11.2. The number of nitrogens with zero attached hydrogens (tertiary/aromatic N) is 1. The molecule has 0 aliphatic heterocycles. The molecule has 0 fully saturated rings. The fourth-order valence-corrected chi connectivity index (χ4v) is 1.26. The molecule has 0 aliphatic carbocycles. The first-order valence-corrected chi connectivity index (χ1v) is 4.92. The molecular formula is C12H14N2O. The van der Waals surface area contributed by atoms with E-state index < -0.39 is 0 Å². The Kier molecular flexibility index (Phi) is 4.36. The number of rotatable bonds is 4. The van der Waals surface area contributed by atoms with Gasteiger partial charge in [-0.15, -0.1) is 0 Å². The van der Waals surface area contributed by atoms with Gasteiger partial charge >= 0.3 is 0 Å². The van der Waals surface area contributed by atoms with Crippen molar-refractivity contribution in [2.24, 2.45) is 0 Å². The monoisotopic (exact) mass is 202 g/mol. The third kappa shape index (κ3) is 3.82. The first-order valence-electron chi connectivity index (χ1n) is 4.92. The predicted octanol–water partition coefficient (Wildman–Crippen LogP) is 1.91. The lowest BCUT2D eigenvalue weighted by Crippen LogP contribution is -2.22. The molecule has 1 aromatic rings. The Morgan fingerprint density at radius 3 is 2.87 bits per heavy atom. The molecule has 0 bridgehead atoms. The average molecular weight is 202 g/mol. The molecule has 15 heavy (non-hydrogen) atoms.